The monoisotopic (exact) mass is 415 g/mol. The topological polar surface area (TPSA) is 48.1 Å². The zero-order valence-corrected chi connectivity index (χ0v) is 17.5. The van der Waals surface area contributed by atoms with Crippen LogP contribution < -0.4 is 5.32 Å². The lowest BCUT2D eigenvalue weighted by Gasteiger charge is -2.28. The van der Waals surface area contributed by atoms with Crippen LogP contribution in [0.3, 0.4) is 0 Å². The number of carbonyl (C=O) groups is 1. The molecule has 2 N–H and O–H groups in total. The number of hydrogen-bond donors (Lipinski definition) is 2. The van der Waals surface area contributed by atoms with Gasteiger partial charge in [-0.1, -0.05) is 60.7 Å². The van der Waals surface area contributed by atoms with Gasteiger partial charge in [0.25, 0.3) is 0 Å². The number of aromatic amines is 1. The summed E-state index contributed by atoms with van der Waals surface area (Å²) in [5, 5.41) is 4.22. The minimum atomic E-state index is -0.270. The van der Waals surface area contributed by atoms with Crippen LogP contribution in [-0.4, -0.2) is 35.9 Å². The second kappa shape index (κ2) is 9.58. The van der Waals surface area contributed by atoms with E-state index in [2.05, 4.69) is 16.4 Å². The normalized spacial score (nSPS) is 12.2. The molecule has 0 bridgehead atoms. The third-order valence-electron chi connectivity index (χ3n) is 5.53. The zero-order chi connectivity index (χ0) is 21.6. The molecule has 0 saturated heterocycles. The van der Waals surface area contributed by atoms with Gasteiger partial charge in [0.05, 0.1) is 12.6 Å². The molecule has 1 unspecified atom stereocenters. The van der Waals surface area contributed by atoms with Gasteiger partial charge in [-0.25, -0.2) is 4.39 Å². The molecule has 0 aliphatic carbocycles. The van der Waals surface area contributed by atoms with Crippen molar-refractivity contribution < 1.29 is 9.18 Å². The van der Waals surface area contributed by atoms with Gasteiger partial charge in [-0.05, 0) is 48.4 Å². The quantitative estimate of drug-likeness (QED) is 0.439. The fourth-order valence-corrected chi connectivity index (χ4v) is 4.03. The van der Waals surface area contributed by atoms with E-state index in [1.165, 1.54) is 23.1 Å². The van der Waals surface area contributed by atoms with E-state index >= 15 is 0 Å². The average molecular weight is 416 g/mol. The molecule has 0 fully saturated rings. The van der Waals surface area contributed by atoms with Gasteiger partial charge < -0.3 is 10.3 Å². The summed E-state index contributed by atoms with van der Waals surface area (Å²) < 4.78 is 13.4. The van der Waals surface area contributed by atoms with Gasteiger partial charge >= 0.3 is 0 Å². The number of carbonyl (C=O) groups excluding carboxylic acids is 1. The maximum Gasteiger partial charge on any atom is 0.234 e. The number of halogens is 1. The number of hydrogen-bond acceptors (Lipinski definition) is 2. The van der Waals surface area contributed by atoms with Crippen molar-refractivity contribution in [3.63, 3.8) is 0 Å². The van der Waals surface area contributed by atoms with Crippen molar-refractivity contribution in [1.29, 1.82) is 0 Å². The summed E-state index contributed by atoms with van der Waals surface area (Å²) in [7, 11) is 1.92. The summed E-state index contributed by atoms with van der Waals surface area (Å²) in [5.41, 5.74) is 4.30. The molecular weight excluding hydrogens is 389 g/mol. The Balaban J connectivity index is 1.40. The van der Waals surface area contributed by atoms with E-state index < -0.39 is 0 Å². The molecule has 158 valence electrons. The number of rotatable bonds is 8. The van der Waals surface area contributed by atoms with Crippen LogP contribution in [0.1, 0.15) is 22.7 Å². The average Bonchev–Trinajstić information content (AvgIpc) is 3.19. The summed E-state index contributed by atoms with van der Waals surface area (Å²) in [6.45, 7) is 0.811. The highest BCUT2D eigenvalue weighted by atomic mass is 19.1. The van der Waals surface area contributed by atoms with Crippen LogP contribution in [0.25, 0.3) is 10.9 Å². The molecule has 4 aromatic rings. The van der Waals surface area contributed by atoms with Gasteiger partial charge in [-0.3, -0.25) is 9.69 Å². The summed E-state index contributed by atoms with van der Waals surface area (Å²) in [6, 6.07) is 24.5. The minimum Gasteiger partial charge on any atom is -0.361 e. The molecule has 5 heteroatoms. The number of H-pyrrole nitrogens is 1. The van der Waals surface area contributed by atoms with Crippen molar-refractivity contribution in [2.24, 2.45) is 0 Å². The van der Waals surface area contributed by atoms with Gasteiger partial charge in [0, 0.05) is 23.6 Å². The first-order valence-corrected chi connectivity index (χ1v) is 10.4. The van der Waals surface area contributed by atoms with Crippen molar-refractivity contribution in [2.45, 2.75) is 12.5 Å². The van der Waals surface area contributed by atoms with Crippen molar-refractivity contribution in [3.05, 3.63) is 108 Å². The Kier molecular flexibility index (Phi) is 6.43. The smallest absolute Gasteiger partial charge is 0.234 e. The van der Waals surface area contributed by atoms with Crippen LogP contribution in [0.4, 0.5) is 4.39 Å². The molecule has 4 rings (SSSR count). The second-order valence-electron chi connectivity index (χ2n) is 7.74. The SMILES string of the molecule is CN(CC(=O)NCCc1c[nH]c2ccccc12)C(c1ccccc1)c1ccc(F)cc1. The third kappa shape index (κ3) is 5.01. The zero-order valence-electron chi connectivity index (χ0n) is 17.5. The number of para-hydroxylation sites is 1. The van der Waals surface area contributed by atoms with E-state index in [9.17, 15) is 9.18 Å². The lowest BCUT2D eigenvalue weighted by Crippen LogP contribution is -2.38. The lowest BCUT2D eigenvalue weighted by atomic mass is 9.97. The number of amides is 1. The molecule has 0 spiro atoms. The number of nitrogens with zero attached hydrogens (tertiary/aromatic N) is 1. The van der Waals surface area contributed by atoms with E-state index in [4.69, 9.17) is 0 Å². The highest BCUT2D eigenvalue weighted by Crippen LogP contribution is 2.27. The Hall–Kier alpha value is -3.44. The Morgan fingerprint density at radius 2 is 1.65 bits per heavy atom. The molecule has 0 saturated carbocycles. The maximum atomic E-state index is 13.4. The first kappa shape index (κ1) is 20.8. The highest BCUT2D eigenvalue weighted by molar-refractivity contribution is 5.83. The summed E-state index contributed by atoms with van der Waals surface area (Å²) in [6.07, 6.45) is 2.77. The highest BCUT2D eigenvalue weighted by Gasteiger charge is 2.21. The van der Waals surface area contributed by atoms with Gasteiger partial charge in [0.15, 0.2) is 0 Å². The second-order valence-corrected chi connectivity index (χ2v) is 7.74. The molecule has 4 nitrogen and oxygen atoms in total. The van der Waals surface area contributed by atoms with Gasteiger partial charge in [-0.15, -0.1) is 0 Å². The van der Waals surface area contributed by atoms with Gasteiger partial charge in [0.1, 0.15) is 5.82 Å². The van der Waals surface area contributed by atoms with Crippen LogP contribution in [0.2, 0.25) is 0 Å². The van der Waals surface area contributed by atoms with Gasteiger partial charge in [0.2, 0.25) is 5.91 Å². The number of aromatic nitrogens is 1. The third-order valence-corrected chi connectivity index (χ3v) is 5.53. The van der Waals surface area contributed by atoms with Crippen LogP contribution >= 0.6 is 0 Å². The maximum absolute atomic E-state index is 13.4. The summed E-state index contributed by atoms with van der Waals surface area (Å²) >= 11 is 0. The van der Waals surface area contributed by atoms with E-state index in [1.54, 1.807) is 12.1 Å². The van der Waals surface area contributed by atoms with Crippen LogP contribution in [0, 0.1) is 5.82 Å². The first-order chi connectivity index (χ1) is 15.1. The van der Waals surface area contributed by atoms with E-state index in [-0.39, 0.29) is 24.3 Å². The standard InChI is InChI=1S/C26H26FN3O/c1-30(26(19-7-3-2-4-8-19)20-11-13-22(27)14-12-20)18-25(31)28-16-15-21-17-29-24-10-6-5-9-23(21)24/h2-14,17,26,29H,15-16,18H2,1H3,(H,28,31). The lowest BCUT2D eigenvalue weighted by molar-refractivity contribution is -0.122. The number of fused-ring (bicyclic) bond motifs is 1. The van der Waals surface area contributed by atoms with Crippen LogP contribution in [-0.2, 0) is 11.2 Å². The molecular formula is C26H26FN3O. The Morgan fingerprint density at radius 1 is 0.968 bits per heavy atom. The fourth-order valence-electron chi connectivity index (χ4n) is 4.03. The predicted octanol–water partition coefficient (Wildman–Crippen LogP) is 4.69. The van der Waals surface area contributed by atoms with Crippen LogP contribution in [0.5, 0.6) is 0 Å². The Bertz CT molecular complexity index is 1140. The Labute approximate surface area is 181 Å². The largest absolute Gasteiger partial charge is 0.361 e. The van der Waals surface area contributed by atoms with Crippen molar-refractivity contribution in [2.75, 3.05) is 20.1 Å². The first-order valence-electron chi connectivity index (χ1n) is 10.4. The van der Waals surface area contributed by atoms with E-state index in [1.807, 2.05) is 66.7 Å². The molecule has 1 atom stereocenters. The van der Waals surface area contributed by atoms with E-state index in [0.717, 1.165) is 23.1 Å². The van der Waals surface area contributed by atoms with Crippen LogP contribution in [0.15, 0.2) is 85.1 Å². The van der Waals surface area contributed by atoms with Crippen molar-refractivity contribution in [3.8, 4) is 0 Å². The van der Waals surface area contributed by atoms with Crippen molar-refractivity contribution >= 4 is 16.8 Å². The Morgan fingerprint density at radius 3 is 2.42 bits per heavy atom. The minimum absolute atomic E-state index is 0.0367. The molecule has 0 aliphatic heterocycles. The van der Waals surface area contributed by atoms with Crippen molar-refractivity contribution in [1.82, 2.24) is 15.2 Å². The number of likely N-dealkylation sites (N-methyl/N-ethyl adjacent to an activating group) is 1. The predicted molar refractivity (Wildman–Crippen MR) is 122 cm³/mol. The summed E-state index contributed by atoms with van der Waals surface area (Å²) in [5.74, 6) is -0.307. The number of nitrogens with one attached hydrogen (secondary N) is 2. The molecule has 0 aliphatic rings. The van der Waals surface area contributed by atoms with E-state index in [0.29, 0.717) is 6.54 Å². The molecule has 0 radical (unpaired) electrons. The molecule has 31 heavy (non-hydrogen) atoms. The van der Waals surface area contributed by atoms with Gasteiger partial charge in [-0.2, -0.15) is 0 Å². The molecule has 1 amide bonds. The molecule has 3 aromatic carbocycles. The fraction of sp³-hybridized carbons (Fsp3) is 0.192. The number of benzene rings is 3. The summed E-state index contributed by atoms with van der Waals surface area (Å²) in [4.78, 5) is 17.9. The molecule has 1 heterocycles. The molecule has 1 aromatic heterocycles.